The highest BCUT2D eigenvalue weighted by Crippen LogP contribution is 2.14. The fourth-order valence-electron chi connectivity index (χ4n) is 1.70. The van der Waals surface area contributed by atoms with Gasteiger partial charge >= 0.3 is 0 Å². The van der Waals surface area contributed by atoms with Crippen LogP contribution >= 0.6 is 0 Å². The van der Waals surface area contributed by atoms with Gasteiger partial charge in [0.1, 0.15) is 0 Å². The quantitative estimate of drug-likeness (QED) is 0.704. The van der Waals surface area contributed by atoms with Crippen molar-refractivity contribution >= 4 is 0 Å². The molecule has 0 radical (unpaired) electrons. The van der Waals surface area contributed by atoms with Crippen molar-refractivity contribution in [2.24, 2.45) is 7.05 Å². The van der Waals surface area contributed by atoms with E-state index in [4.69, 9.17) is 5.26 Å². The summed E-state index contributed by atoms with van der Waals surface area (Å²) in [4.78, 5) is 2.35. The molecule has 14 heavy (non-hydrogen) atoms. The highest BCUT2D eigenvalue weighted by Gasteiger charge is 2.17. The van der Waals surface area contributed by atoms with Crippen LogP contribution in [0.5, 0.6) is 0 Å². The molecule has 0 unspecified atom stereocenters. The Morgan fingerprint density at radius 3 is 2.93 bits per heavy atom. The summed E-state index contributed by atoms with van der Waals surface area (Å²) in [6.45, 7) is 3.24. The Kier molecular flexibility index (Phi) is 2.51. The van der Waals surface area contributed by atoms with Crippen molar-refractivity contribution < 1.29 is 0 Å². The lowest BCUT2D eigenvalue weighted by Gasteiger charge is -2.29. The minimum atomic E-state index is 0.469. The second-order valence-corrected chi connectivity index (χ2v) is 3.74. The van der Waals surface area contributed by atoms with Gasteiger partial charge < -0.3 is 0 Å². The zero-order chi connectivity index (χ0) is 9.97. The van der Waals surface area contributed by atoms with Gasteiger partial charge in [-0.15, -0.1) is 0 Å². The van der Waals surface area contributed by atoms with Gasteiger partial charge in [0.2, 0.25) is 0 Å². The number of hydrogen-bond acceptors (Lipinski definition) is 3. The zero-order valence-electron chi connectivity index (χ0n) is 8.40. The first-order valence-electron chi connectivity index (χ1n) is 4.90. The third-order valence-electron chi connectivity index (χ3n) is 2.58. The Hall–Kier alpha value is -1.34. The second-order valence-electron chi connectivity index (χ2n) is 3.74. The maximum Gasteiger partial charge on any atom is 0.0807 e. The van der Waals surface area contributed by atoms with Crippen molar-refractivity contribution in [3.05, 3.63) is 17.5 Å². The van der Waals surface area contributed by atoms with Crippen LogP contribution in [-0.2, 0) is 20.0 Å². The second kappa shape index (κ2) is 3.81. The minimum Gasteiger partial charge on any atom is -0.297 e. The first-order chi connectivity index (χ1) is 6.79. The van der Waals surface area contributed by atoms with Gasteiger partial charge in [-0.2, -0.15) is 10.4 Å². The molecule has 0 aliphatic carbocycles. The summed E-state index contributed by atoms with van der Waals surface area (Å²) in [6.07, 6.45) is 3.70. The molecule has 0 amide bonds. The summed E-state index contributed by atoms with van der Waals surface area (Å²) in [6, 6.07) is 2.18. The van der Waals surface area contributed by atoms with Crippen LogP contribution in [0, 0.1) is 11.3 Å². The highest BCUT2D eigenvalue weighted by molar-refractivity contribution is 5.20. The number of nitrogens with zero attached hydrogens (tertiary/aromatic N) is 4. The van der Waals surface area contributed by atoms with Gasteiger partial charge in [0.05, 0.1) is 18.2 Å². The van der Waals surface area contributed by atoms with E-state index in [1.165, 1.54) is 19.5 Å². The van der Waals surface area contributed by atoms with Gasteiger partial charge in [0.15, 0.2) is 0 Å². The van der Waals surface area contributed by atoms with Crippen molar-refractivity contribution in [2.75, 3.05) is 13.1 Å². The lowest BCUT2D eigenvalue weighted by atomic mass is 10.1. The number of aromatic nitrogens is 2. The Morgan fingerprint density at radius 1 is 1.57 bits per heavy atom. The van der Waals surface area contributed by atoms with E-state index in [9.17, 15) is 0 Å². The van der Waals surface area contributed by atoms with E-state index in [0.29, 0.717) is 6.42 Å². The van der Waals surface area contributed by atoms with Crippen LogP contribution < -0.4 is 0 Å². The third kappa shape index (κ3) is 1.78. The molecule has 74 valence electrons. The SMILES string of the molecule is Cn1cc(CC#N)c(CN2CCC2)n1. The molecule has 1 fully saturated rings. The lowest BCUT2D eigenvalue weighted by Crippen LogP contribution is -2.36. The molecule has 0 atom stereocenters. The molecular weight excluding hydrogens is 176 g/mol. The van der Waals surface area contributed by atoms with Crippen LogP contribution in [0.1, 0.15) is 17.7 Å². The van der Waals surface area contributed by atoms with E-state index in [-0.39, 0.29) is 0 Å². The summed E-state index contributed by atoms with van der Waals surface area (Å²) in [5.41, 5.74) is 2.13. The van der Waals surface area contributed by atoms with Crippen LogP contribution in [0.2, 0.25) is 0 Å². The standard InChI is InChI=1S/C10H14N4/c1-13-7-9(3-4-11)10(12-13)8-14-5-2-6-14/h7H,2-3,5-6,8H2,1H3. The Morgan fingerprint density at radius 2 is 2.36 bits per heavy atom. The topological polar surface area (TPSA) is 44.9 Å². The molecule has 1 saturated heterocycles. The average molecular weight is 190 g/mol. The van der Waals surface area contributed by atoms with Crippen molar-refractivity contribution in [3.8, 4) is 6.07 Å². The van der Waals surface area contributed by atoms with Crippen molar-refractivity contribution in [2.45, 2.75) is 19.4 Å². The van der Waals surface area contributed by atoms with Gasteiger partial charge in [0.25, 0.3) is 0 Å². The third-order valence-corrected chi connectivity index (χ3v) is 2.58. The predicted molar refractivity (Wildman–Crippen MR) is 52.4 cm³/mol. The average Bonchev–Trinajstić information content (AvgIpc) is 2.40. The molecule has 0 spiro atoms. The number of aryl methyl sites for hydroxylation is 1. The van der Waals surface area contributed by atoms with Crippen LogP contribution in [0.15, 0.2) is 6.20 Å². The summed E-state index contributed by atoms with van der Waals surface area (Å²) in [5, 5.41) is 13.0. The van der Waals surface area contributed by atoms with Gasteiger partial charge in [-0.1, -0.05) is 0 Å². The van der Waals surface area contributed by atoms with Crippen molar-refractivity contribution in [1.82, 2.24) is 14.7 Å². The van der Waals surface area contributed by atoms with Crippen molar-refractivity contribution in [1.29, 1.82) is 5.26 Å². The highest BCUT2D eigenvalue weighted by atomic mass is 15.3. The number of nitriles is 1. The summed E-state index contributed by atoms with van der Waals surface area (Å²) in [5.74, 6) is 0. The molecule has 1 aliphatic rings. The van der Waals surface area contributed by atoms with Gasteiger partial charge in [-0.25, -0.2) is 0 Å². The molecule has 0 bridgehead atoms. The Balaban J connectivity index is 2.10. The summed E-state index contributed by atoms with van der Waals surface area (Å²) >= 11 is 0. The zero-order valence-corrected chi connectivity index (χ0v) is 8.40. The molecule has 2 rings (SSSR count). The number of rotatable bonds is 3. The van der Waals surface area contributed by atoms with Gasteiger partial charge in [-0.3, -0.25) is 9.58 Å². The number of likely N-dealkylation sites (tertiary alicyclic amines) is 1. The van der Waals surface area contributed by atoms with Crippen LogP contribution in [0.3, 0.4) is 0 Å². The molecule has 4 nitrogen and oxygen atoms in total. The van der Waals surface area contributed by atoms with Gasteiger partial charge in [-0.05, 0) is 19.5 Å². The van der Waals surface area contributed by atoms with E-state index in [2.05, 4.69) is 16.1 Å². The largest absolute Gasteiger partial charge is 0.297 e. The molecule has 1 aromatic heterocycles. The molecule has 1 aliphatic heterocycles. The maximum absolute atomic E-state index is 8.66. The minimum absolute atomic E-state index is 0.469. The van der Waals surface area contributed by atoms with Crippen LogP contribution in [0.25, 0.3) is 0 Å². The van der Waals surface area contributed by atoms with E-state index in [1.54, 1.807) is 4.68 Å². The molecule has 0 N–H and O–H groups in total. The molecule has 0 saturated carbocycles. The number of hydrogen-bond donors (Lipinski definition) is 0. The predicted octanol–water partition coefficient (Wildman–Crippen LogP) is 0.692. The van der Waals surface area contributed by atoms with Crippen molar-refractivity contribution in [3.63, 3.8) is 0 Å². The first-order valence-corrected chi connectivity index (χ1v) is 4.90. The van der Waals surface area contributed by atoms with Crippen LogP contribution in [-0.4, -0.2) is 27.8 Å². The monoisotopic (exact) mass is 190 g/mol. The normalized spacial score (nSPS) is 16.3. The lowest BCUT2D eigenvalue weighted by molar-refractivity contribution is 0.169. The van der Waals surface area contributed by atoms with Gasteiger partial charge in [0, 0.05) is 25.4 Å². The fourth-order valence-corrected chi connectivity index (χ4v) is 1.70. The van der Waals surface area contributed by atoms with E-state index < -0.39 is 0 Å². The Bertz CT molecular complexity index is 357. The smallest absolute Gasteiger partial charge is 0.0807 e. The fraction of sp³-hybridized carbons (Fsp3) is 0.600. The van der Waals surface area contributed by atoms with E-state index in [0.717, 1.165) is 17.8 Å². The summed E-state index contributed by atoms with van der Waals surface area (Å²) in [7, 11) is 1.90. The Labute approximate surface area is 83.7 Å². The molecular formula is C10H14N4. The van der Waals surface area contributed by atoms with Crippen LogP contribution in [0.4, 0.5) is 0 Å². The molecule has 0 aromatic carbocycles. The maximum atomic E-state index is 8.66. The van der Waals surface area contributed by atoms with E-state index in [1.807, 2.05) is 13.2 Å². The molecule has 4 heteroatoms. The summed E-state index contributed by atoms with van der Waals surface area (Å²) < 4.78 is 1.79. The molecule has 1 aromatic rings. The molecule has 2 heterocycles. The first kappa shape index (κ1) is 9.22. The van der Waals surface area contributed by atoms with E-state index >= 15 is 0 Å².